The first-order chi connectivity index (χ1) is 19.9. The smallest absolute Gasteiger partial charge is 0.434 e. The summed E-state index contributed by atoms with van der Waals surface area (Å²) in [5.41, 5.74) is -2.58. The number of alkyl halides is 3. The number of carboxylic acids is 1. The van der Waals surface area contributed by atoms with Gasteiger partial charge in [0.2, 0.25) is 0 Å². The first-order valence-electron chi connectivity index (χ1n) is 12.1. The van der Waals surface area contributed by atoms with Crippen LogP contribution in [0.5, 0.6) is 0 Å². The highest BCUT2D eigenvalue weighted by Crippen LogP contribution is 2.38. The fourth-order valence-electron chi connectivity index (χ4n) is 4.36. The molecule has 4 aromatic rings. The first-order valence-corrected chi connectivity index (χ1v) is 13.6. The molecule has 1 atom stereocenters. The highest BCUT2D eigenvalue weighted by atomic mass is 35.5. The van der Waals surface area contributed by atoms with Crippen molar-refractivity contribution in [1.29, 1.82) is 0 Å². The minimum absolute atomic E-state index is 0.0254. The molecule has 5 rings (SSSR count). The molecule has 1 N–H and O–H groups in total. The maximum atomic E-state index is 14.2. The van der Waals surface area contributed by atoms with E-state index in [1.54, 1.807) is 6.07 Å². The van der Waals surface area contributed by atoms with Gasteiger partial charge in [0.25, 0.3) is 5.56 Å². The number of carbonyl (C=O) groups is 2. The Kier molecular flexibility index (Phi) is 7.88. The number of nitrogens with zero attached hydrogens (tertiary/aromatic N) is 2. The SMILES string of the molecule is CCOC(=O)C1=C(C(F)(F)F)N=c2s/c(=C\c3ccc(-c4ccc(Cl)c(C(=O)O)c4)o3)c(=O)n2[C@H]1c1ccc(Cl)cc1. The van der Waals surface area contributed by atoms with Crippen LogP contribution in [-0.4, -0.2) is 34.4 Å². The number of thiazole rings is 1. The van der Waals surface area contributed by atoms with Crippen LogP contribution in [0, 0.1) is 0 Å². The summed E-state index contributed by atoms with van der Waals surface area (Å²) >= 11 is 12.6. The molecule has 14 heteroatoms. The van der Waals surface area contributed by atoms with Gasteiger partial charge >= 0.3 is 18.1 Å². The van der Waals surface area contributed by atoms with Crippen molar-refractivity contribution >= 4 is 52.6 Å². The lowest BCUT2D eigenvalue weighted by Gasteiger charge is -2.26. The Hall–Kier alpha value is -4.13. The molecule has 0 unspecified atom stereocenters. The summed E-state index contributed by atoms with van der Waals surface area (Å²) in [6, 6.07) is 11.5. The van der Waals surface area contributed by atoms with Gasteiger partial charge in [-0.25, -0.2) is 14.6 Å². The zero-order chi connectivity index (χ0) is 30.3. The van der Waals surface area contributed by atoms with E-state index < -0.39 is 41.0 Å². The van der Waals surface area contributed by atoms with E-state index in [1.165, 1.54) is 61.5 Å². The highest BCUT2D eigenvalue weighted by Gasteiger charge is 2.45. The van der Waals surface area contributed by atoms with E-state index in [0.29, 0.717) is 21.9 Å². The van der Waals surface area contributed by atoms with Gasteiger partial charge < -0.3 is 14.3 Å². The Balaban J connectivity index is 1.68. The number of aromatic carboxylic acids is 1. The molecule has 0 amide bonds. The van der Waals surface area contributed by atoms with Gasteiger partial charge in [-0.05, 0) is 55.0 Å². The van der Waals surface area contributed by atoms with E-state index in [2.05, 4.69) is 4.99 Å². The van der Waals surface area contributed by atoms with E-state index >= 15 is 0 Å². The molecule has 0 radical (unpaired) electrons. The summed E-state index contributed by atoms with van der Waals surface area (Å²) in [5, 5.41) is 9.68. The first kappa shape index (κ1) is 29.4. The van der Waals surface area contributed by atoms with Crippen LogP contribution in [0.15, 0.2) is 80.1 Å². The van der Waals surface area contributed by atoms with Crippen LogP contribution >= 0.6 is 34.5 Å². The highest BCUT2D eigenvalue weighted by molar-refractivity contribution is 7.07. The predicted octanol–water partition coefficient (Wildman–Crippen LogP) is 5.61. The van der Waals surface area contributed by atoms with Crippen LogP contribution in [0.2, 0.25) is 10.0 Å². The number of halogens is 5. The number of hydrogen-bond acceptors (Lipinski definition) is 7. The Morgan fingerprint density at radius 2 is 1.86 bits per heavy atom. The summed E-state index contributed by atoms with van der Waals surface area (Å²) in [5.74, 6) is -2.07. The van der Waals surface area contributed by atoms with Crippen molar-refractivity contribution in [1.82, 2.24) is 4.57 Å². The van der Waals surface area contributed by atoms with Crippen molar-refractivity contribution in [2.75, 3.05) is 6.61 Å². The van der Waals surface area contributed by atoms with Gasteiger partial charge in [0.05, 0.1) is 33.3 Å². The second kappa shape index (κ2) is 11.3. The second-order valence-electron chi connectivity index (χ2n) is 8.82. The minimum atomic E-state index is -5.04. The average Bonchev–Trinajstić information content (AvgIpc) is 3.52. The van der Waals surface area contributed by atoms with Crippen LogP contribution in [0.1, 0.15) is 34.6 Å². The molecule has 1 aliphatic heterocycles. The molecule has 2 aromatic carbocycles. The van der Waals surface area contributed by atoms with Gasteiger partial charge in [0, 0.05) is 16.7 Å². The Labute approximate surface area is 248 Å². The summed E-state index contributed by atoms with van der Waals surface area (Å²) < 4.78 is 54.4. The molecule has 42 heavy (non-hydrogen) atoms. The van der Waals surface area contributed by atoms with Crippen LogP contribution in [0.25, 0.3) is 17.4 Å². The predicted molar refractivity (Wildman–Crippen MR) is 148 cm³/mol. The second-order valence-corrected chi connectivity index (χ2v) is 10.7. The van der Waals surface area contributed by atoms with Gasteiger partial charge in [-0.2, -0.15) is 13.2 Å². The minimum Gasteiger partial charge on any atom is -0.478 e. The molecule has 216 valence electrons. The molecule has 1 aliphatic rings. The molecule has 0 aliphatic carbocycles. The van der Waals surface area contributed by atoms with Crippen LogP contribution in [0.4, 0.5) is 13.2 Å². The third-order valence-corrected chi connectivity index (χ3v) is 7.73. The fraction of sp³-hybridized carbons (Fsp3) is 0.143. The standard InChI is InChI=1S/C28H17Cl2F3N2O6S/c1-2-40-26(39)21-22(13-3-6-15(29)7-4-13)35-24(36)20(42-27(35)34-23(21)28(31,32)33)12-16-8-10-19(41-16)14-5-9-18(30)17(11-14)25(37)38/h3-12,22H,2H2,1H3,(H,37,38)/b20-12-/t22-/m0/s1. The van der Waals surface area contributed by atoms with Crippen molar-refractivity contribution in [3.05, 3.63) is 112 Å². The van der Waals surface area contributed by atoms with Crippen molar-refractivity contribution in [2.24, 2.45) is 4.99 Å². The quantitative estimate of drug-likeness (QED) is 0.276. The monoisotopic (exact) mass is 636 g/mol. The summed E-state index contributed by atoms with van der Waals surface area (Å²) in [6.45, 7) is 1.25. The molecular weight excluding hydrogens is 620 g/mol. The number of hydrogen-bond donors (Lipinski definition) is 1. The van der Waals surface area contributed by atoms with E-state index in [9.17, 15) is 32.7 Å². The van der Waals surface area contributed by atoms with Gasteiger partial charge in [-0.3, -0.25) is 9.36 Å². The molecule has 0 spiro atoms. The number of fused-ring (bicyclic) bond motifs is 1. The maximum absolute atomic E-state index is 14.2. The molecular formula is C28H17Cl2F3N2O6S. The normalized spacial score (nSPS) is 15.4. The Bertz CT molecular complexity index is 1940. The van der Waals surface area contributed by atoms with Crippen LogP contribution in [-0.2, 0) is 9.53 Å². The van der Waals surface area contributed by atoms with Crippen molar-refractivity contribution < 1.29 is 37.0 Å². The Morgan fingerprint density at radius 1 is 1.14 bits per heavy atom. The van der Waals surface area contributed by atoms with Gasteiger partial charge in [-0.15, -0.1) is 0 Å². The Morgan fingerprint density at radius 3 is 2.50 bits per heavy atom. The van der Waals surface area contributed by atoms with Gasteiger partial charge in [-0.1, -0.05) is 46.7 Å². The molecule has 8 nitrogen and oxygen atoms in total. The number of furan rings is 1. The van der Waals surface area contributed by atoms with Gasteiger partial charge in [0.1, 0.15) is 11.5 Å². The lowest BCUT2D eigenvalue weighted by molar-refractivity contribution is -0.140. The largest absolute Gasteiger partial charge is 0.478 e. The van der Waals surface area contributed by atoms with E-state index in [-0.39, 0.29) is 43.6 Å². The van der Waals surface area contributed by atoms with Crippen LogP contribution in [0.3, 0.4) is 0 Å². The lowest BCUT2D eigenvalue weighted by atomic mass is 9.95. The molecule has 0 bridgehead atoms. The van der Waals surface area contributed by atoms with Crippen molar-refractivity contribution in [3.63, 3.8) is 0 Å². The summed E-state index contributed by atoms with van der Waals surface area (Å²) in [6.07, 6.45) is -3.72. The number of ether oxygens (including phenoxy) is 1. The topological polar surface area (TPSA) is 111 Å². The number of esters is 1. The number of carbonyl (C=O) groups excluding carboxylic acids is 1. The number of allylic oxidation sites excluding steroid dienone is 1. The van der Waals surface area contributed by atoms with E-state index in [0.717, 1.165) is 4.57 Å². The zero-order valence-electron chi connectivity index (χ0n) is 21.2. The third kappa shape index (κ3) is 5.52. The molecule has 3 heterocycles. The average molecular weight is 637 g/mol. The number of rotatable bonds is 6. The van der Waals surface area contributed by atoms with Gasteiger partial charge in [0.15, 0.2) is 10.5 Å². The fourth-order valence-corrected chi connectivity index (χ4v) is 5.66. The number of carboxylic acid groups (broad SMARTS) is 1. The molecule has 2 aromatic heterocycles. The van der Waals surface area contributed by atoms with Crippen molar-refractivity contribution in [2.45, 2.75) is 19.1 Å². The summed E-state index contributed by atoms with van der Waals surface area (Å²) in [7, 11) is 0. The molecule has 0 saturated heterocycles. The van der Waals surface area contributed by atoms with Crippen LogP contribution < -0.4 is 14.9 Å². The number of aromatic nitrogens is 1. The summed E-state index contributed by atoms with van der Waals surface area (Å²) in [4.78, 5) is 41.4. The molecule has 0 saturated carbocycles. The van der Waals surface area contributed by atoms with E-state index in [4.69, 9.17) is 32.4 Å². The van der Waals surface area contributed by atoms with Crippen molar-refractivity contribution in [3.8, 4) is 11.3 Å². The molecule has 0 fully saturated rings. The zero-order valence-corrected chi connectivity index (χ0v) is 23.6. The van der Waals surface area contributed by atoms with E-state index in [1.807, 2.05) is 0 Å². The number of benzene rings is 2. The third-order valence-electron chi connectivity index (χ3n) is 6.16. The lowest BCUT2D eigenvalue weighted by Crippen LogP contribution is -2.41. The maximum Gasteiger partial charge on any atom is 0.434 e.